The Hall–Kier alpha value is -2.12. The molecule has 1 aromatic carbocycles. The molecule has 1 rings (SSSR count). The molecule has 2 atom stereocenters. The van der Waals surface area contributed by atoms with Crippen molar-refractivity contribution >= 4 is 11.9 Å². The van der Waals surface area contributed by atoms with E-state index in [2.05, 4.69) is 0 Å². The maximum atomic E-state index is 12.6. The van der Waals surface area contributed by atoms with E-state index in [0.717, 1.165) is 5.56 Å². The molecule has 0 fully saturated rings. The van der Waals surface area contributed by atoms with Crippen LogP contribution < -0.4 is 4.74 Å². The van der Waals surface area contributed by atoms with Crippen LogP contribution in [0.3, 0.4) is 0 Å². The number of aryl methyl sites for hydroxylation is 1. The van der Waals surface area contributed by atoms with Crippen molar-refractivity contribution in [3.8, 4) is 5.75 Å². The van der Waals surface area contributed by atoms with Gasteiger partial charge in [0.1, 0.15) is 31.7 Å². The Morgan fingerprint density at radius 3 is 2.37 bits per heavy atom. The summed E-state index contributed by atoms with van der Waals surface area (Å²) in [5, 5.41) is 10.1. The fourth-order valence-corrected chi connectivity index (χ4v) is 3.09. The predicted octanol–water partition coefficient (Wildman–Crippen LogP) is 3.30. The summed E-state index contributed by atoms with van der Waals surface area (Å²) in [5.41, 5.74) is -0.708. The Morgan fingerprint density at radius 1 is 1.07 bits per heavy atom. The molecule has 0 bridgehead atoms. The van der Waals surface area contributed by atoms with Gasteiger partial charge >= 0.3 is 11.9 Å². The number of hydrogen-bond donors (Lipinski definition) is 1. The zero-order valence-electron chi connectivity index (χ0n) is 19.0. The van der Waals surface area contributed by atoms with Crippen LogP contribution in [0.5, 0.6) is 5.75 Å². The molecule has 1 aromatic rings. The highest BCUT2D eigenvalue weighted by atomic mass is 16.6. The molecule has 0 radical (unpaired) electrons. The highest BCUT2D eigenvalue weighted by Gasteiger charge is 2.43. The summed E-state index contributed by atoms with van der Waals surface area (Å²) >= 11 is 0. The van der Waals surface area contributed by atoms with Gasteiger partial charge in [-0.05, 0) is 58.2 Å². The van der Waals surface area contributed by atoms with Gasteiger partial charge in [-0.1, -0.05) is 19.1 Å². The number of hydrogen-bond acceptors (Lipinski definition) is 7. The van der Waals surface area contributed by atoms with Crippen molar-refractivity contribution in [3.05, 3.63) is 29.8 Å². The second kappa shape index (κ2) is 11.9. The van der Waals surface area contributed by atoms with Gasteiger partial charge in [0.2, 0.25) is 0 Å². The van der Waals surface area contributed by atoms with Crippen molar-refractivity contribution in [2.24, 2.45) is 10.8 Å². The number of methoxy groups -OCH3 is 1. The van der Waals surface area contributed by atoms with Crippen LogP contribution in [0.4, 0.5) is 0 Å². The first-order chi connectivity index (χ1) is 14.0. The van der Waals surface area contributed by atoms with Gasteiger partial charge in [0, 0.05) is 7.11 Å². The van der Waals surface area contributed by atoms with Gasteiger partial charge in [-0.15, -0.1) is 0 Å². The molecular formula is C23H36O7. The lowest BCUT2D eigenvalue weighted by Crippen LogP contribution is -2.39. The van der Waals surface area contributed by atoms with Crippen molar-refractivity contribution in [3.63, 3.8) is 0 Å². The van der Waals surface area contributed by atoms with Crippen molar-refractivity contribution in [2.75, 3.05) is 33.5 Å². The van der Waals surface area contributed by atoms with Crippen molar-refractivity contribution < 1.29 is 33.6 Å². The van der Waals surface area contributed by atoms with E-state index in [4.69, 9.17) is 18.9 Å². The molecule has 0 aliphatic heterocycles. The quantitative estimate of drug-likeness (QED) is 0.384. The first-order valence-corrected chi connectivity index (χ1v) is 10.2. The topological polar surface area (TPSA) is 91.3 Å². The molecule has 1 N–H and O–H groups in total. The molecule has 7 nitrogen and oxygen atoms in total. The van der Waals surface area contributed by atoms with Crippen LogP contribution in [0.1, 0.15) is 46.1 Å². The van der Waals surface area contributed by atoms with Gasteiger partial charge in [0.05, 0.1) is 17.4 Å². The Bertz CT molecular complexity index is 686. The third-order valence-corrected chi connectivity index (χ3v) is 5.02. The van der Waals surface area contributed by atoms with E-state index >= 15 is 0 Å². The summed E-state index contributed by atoms with van der Waals surface area (Å²) in [6, 6.07) is 7.47. The predicted molar refractivity (Wildman–Crippen MR) is 113 cm³/mol. The van der Waals surface area contributed by atoms with Crippen molar-refractivity contribution in [1.82, 2.24) is 0 Å². The summed E-state index contributed by atoms with van der Waals surface area (Å²) in [6.45, 7) is 9.37. The highest BCUT2D eigenvalue weighted by Crippen LogP contribution is 2.38. The third-order valence-electron chi connectivity index (χ3n) is 5.02. The number of aliphatic hydroxyl groups excluding tert-OH is 1. The number of carbonyl (C=O) groups is 2. The summed E-state index contributed by atoms with van der Waals surface area (Å²) in [6.07, 6.45) is -0.179. The minimum Gasteiger partial charge on any atom is -0.491 e. The number of aliphatic hydroxyl groups is 1. The van der Waals surface area contributed by atoms with Crippen molar-refractivity contribution in [2.45, 2.75) is 53.6 Å². The second-order valence-corrected chi connectivity index (χ2v) is 8.48. The summed E-state index contributed by atoms with van der Waals surface area (Å²) in [4.78, 5) is 25.1. The van der Waals surface area contributed by atoms with Crippen LogP contribution in [0.2, 0.25) is 0 Å². The Morgan fingerprint density at radius 2 is 1.77 bits per heavy atom. The summed E-state index contributed by atoms with van der Waals surface area (Å²) in [5.74, 6) is -0.206. The highest BCUT2D eigenvalue weighted by molar-refractivity contribution is 5.80. The molecule has 0 aliphatic carbocycles. The lowest BCUT2D eigenvalue weighted by atomic mass is 9.72. The van der Waals surface area contributed by atoms with Crippen LogP contribution in [0.25, 0.3) is 0 Å². The lowest BCUT2D eigenvalue weighted by Gasteiger charge is -2.33. The molecule has 2 unspecified atom stereocenters. The average molecular weight is 425 g/mol. The monoisotopic (exact) mass is 424 g/mol. The van der Waals surface area contributed by atoms with E-state index in [1.54, 1.807) is 26.8 Å². The lowest BCUT2D eigenvalue weighted by molar-refractivity contribution is -0.165. The molecule has 0 saturated carbocycles. The van der Waals surface area contributed by atoms with Crippen LogP contribution in [-0.4, -0.2) is 56.7 Å². The van der Waals surface area contributed by atoms with Gasteiger partial charge in [-0.2, -0.15) is 0 Å². The zero-order chi connectivity index (χ0) is 22.8. The van der Waals surface area contributed by atoms with Crippen LogP contribution in [-0.2, 0) is 23.8 Å². The average Bonchev–Trinajstić information content (AvgIpc) is 2.70. The van der Waals surface area contributed by atoms with Gasteiger partial charge in [0.15, 0.2) is 0 Å². The molecule has 0 amide bonds. The molecule has 30 heavy (non-hydrogen) atoms. The van der Waals surface area contributed by atoms with E-state index in [1.807, 2.05) is 32.0 Å². The molecule has 0 heterocycles. The summed E-state index contributed by atoms with van der Waals surface area (Å²) in [7, 11) is 1.53. The van der Waals surface area contributed by atoms with Gasteiger partial charge < -0.3 is 24.1 Å². The number of esters is 2. The largest absolute Gasteiger partial charge is 0.491 e. The normalized spacial score (nSPS) is 14.5. The van der Waals surface area contributed by atoms with E-state index in [9.17, 15) is 14.7 Å². The second-order valence-electron chi connectivity index (χ2n) is 8.48. The first-order valence-electron chi connectivity index (χ1n) is 10.2. The van der Waals surface area contributed by atoms with Crippen LogP contribution >= 0.6 is 0 Å². The summed E-state index contributed by atoms with van der Waals surface area (Å²) < 4.78 is 21.0. The Labute approximate surface area is 179 Å². The number of benzene rings is 1. The minimum atomic E-state index is -0.957. The maximum absolute atomic E-state index is 12.6. The molecule has 0 saturated heterocycles. The fraction of sp³-hybridized carbons (Fsp3) is 0.652. The maximum Gasteiger partial charge on any atom is 0.311 e. The smallest absolute Gasteiger partial charge is 0.311 e. The zero-order valence-corrected chi connectivity index (χ0v) is 19.0. The minimum absolute atomic E-state index is 0.00959. The van der Waals surface area contributed by atoms with E-state index in [0.29, 0.717) is 18.8 Å². The van der Waals surface area contributed by atoms with Crippen LogP contribution in [0, 0.1) is 17.8 Å². The molecule has 170 valence electrons. The fourth-order valence-electron chi connectivity index (χ4n) is 3.09. The van der Waals surface area contributed by atoms with E-state index < -0.39 is 22.9 Å². The number of carbonyl (C=O) groups excluding carboxylic acids is 2. The van der Waals surface area contributed by atoms with Gasteiger partial charge in [-0.25, -0.2) is 0 Å². The third kappa shape index (κ3) is 8.32. The molecular weight excluding hydrogens is 388 g/mol. The molecule has 7 heteroatoms. The van der Waals surface area contributed by atoms with E-state index in [1.165, 1.54) is 7.11 Å². The number of ether oxygens (including phenoxy) is 4. The number of rotatable bonds is 13. The van der Waals surface area contributed by atoms with Gasteiger partial charge in [-0.3, -0.25) is 9.59 Å². The van der Waals surface area contributed by atoms with Crippen LogP contribution in [0.15, 0.2) is 24.3 Å². The molecule has 0 aromatic heterocycles. The molecule has 0 spiro atoms. The Balaban J connectivity index is 2.55. The first kappa shape index (κ1) is 25.9. The Kier molecular flexibility index (Phi) is 10.3. The van der Waals surface area contributed by atoms with E-state index in [-0.39, 0.29) is 32.2 Å². The standard InChI is InChI=1S/C23H36O7/c1-7-23(5,21(26)28-12-11-27-6)16-22(3,4)20(25)30-15-18(24)14-29-19-10-8-9-17(2)13-19/h8-10,13,18,24H,7,11-12,14-16H2,1-6H3. The van der Waals surface area contributed by atoms with Gasteiger partial charge in [0.25, 0.3) is 0 Å². The van der Waals surface area contributed by atoms with Crippen molar-refractivity contribution in [1.29, 1.82) is 0 Å². The molecule has 0 aliphatic rings. The SMILES string of the molecule is CCC(C)(CC(C)(C)C(=O)OCC(O)COc1cccc(C)c1)C(=O)OCCOC.